The van der Waals surface area contributed by atoms with Crippen LogP contribution in [0.1, 0.15) is 24.0 Å². The van der Waals surface area contributed by atoms with E-state index >= 15 is 0 Å². The number of halogens is 1. The highest BCUT2D eigenvalue weighted by molar-refractivity contribution is 9.10. The van der Waals surface area contributed by atoms with Crippen LogP contribution in [0.4, 0.5) is 0 Å². The van der Waals surface area contributed by atoms with Crippen molar-refractivity contribution in [2.45, 2.75) is 25.6 Å². The first-order valence-corrected chi connectivity index (χ1v) is 9.93. The Bertz CT molecular complexity index is 881. The van der Waals surface area contributed by atoms with E-state index in [0.29, 0.717) is 24.5 Å². The quantitative estimate of drug-likeness (QED) is 0.516. The second-order valence-corrected chi connectivity index (χ2v) is 7.38. The highest BCUT2D eigenvalue weighted by Gasteiger charge is 2.18. The molecule has 1 atom stereocenters. The van der Waals surface area contributed by atoms with E-state index in [1.807, 2.05) is 54.6 Å². The van der Waals surface area contributed by atoms with E-state index in [1.165, 1.54) is 0 Å². The van der Waals surface area contributed by atoms with Crippen LogP contribution in [0.3, 0.4) is 0 Å². The van der Waals surface area contributed by atoms with Crippen LogP contribution in [0.15, 0.2) is 58.6 Å². The molecular weight excluding hydrogens is 420 g/mol. The number of amides is 1. The lowest BCUT2D eigenvalue weighted by Crippen LogP contribution is -2.32. The molecule has 0 aromatic heterocycles. The minimum absolute atomic E-state index is 0.0328. The minimum atomic E-state index is -0.402. The molecule has 2 aromatic carbocycles. The molecule has 0 saturated carbocycles. The van der Waals surface area contributed by atoms with Gasteiger partial charge in [0.05, 0.1) is 6.10 Å². The Balaban J connectivity index is 1.67. The van der Waals surface area contributed by atoms with Crippen molar-refractivity contribution in [1.82, 2.24) is 5.32 Å². The molecule has 1 saturated heterocycles. The van der Waals surface area contributed by atoms with Gasteiger partial charge in [-0.2, -0.15) is 5.26 Å². The molecule has 144 valence electrons. The van der Waals surface area contributed by atoms with Crippen molar-refractivity contribution in [3.63, 3.8) is 0 Å². The van der Waals surface area contributed by atoms with E-state index < -0.39 is 5.91 Å². The van der Waals surface area contributed by atoms with E-state index in [2.05, 4.69) is 21.2 Å². The third-order valence-corrected chi connectivity index (χ3v) is 4.93. The fraction of sp³-hybridized carbons (Fsp3) is 0.273. The van der Waals surface area contributed by atoms with Crippen LogP contribution in [-0.2, 0) is 16.1 Å². The van der Waals surface area contributed by atoms with Crippen molar-refractivity contribution in [2.24, 2.45) is 0 Å². The predicted molar refractivity (Wildman–Crippen MR) is 110 cm³/mol. The van der Waals surface area contributed by atoms with Crippen molar-refractivity contribution in [3.05, 3.63) is 69.7 Å². The Hall–Kier alpha value is -2.62. The number of nitrogens with one attached hydrogen (secondary N) is 1. The number of rotatable bonds is 7. The maximum Gasteiger partial charge on any atom is 0.262 e. The van der Waals surface area contributed by atoms with Crippen LogP contribution in [0.2, 0.25) is 0 Å². The first kappa shape index (κ1) is 20.1. The first-order chi connectivity index (χ1) is 13.7. The average molecular weight is 441 g/mol. The second kappa shape index (κ2) is 10.1. The molecule has 3 rings (SSSR count). The number of ether oxygens (including phenoxy) is 2. The van der Waals surface area contributed by atoms with Gasteiger partial charge in [0, 0.05) is 23.2 Å². The molecular formula is C22H21BrN2O3. The molecule has 0 aliphatic carbocycles. The van der Waals surface area contributed by atoms with Crippen molar-refractivity contribution < 1.29 is 14.3 Å². The number of nitrogens with zero attached hydrogens (tertiary/aromatic N) is 1. The highest BCUT2D eigenvalue weighted by Crippen LogP contribution is 2.23. The van der Waals surface area contributed by atoms with Gasteiger partial charge in [0.25, 0.3) is 5.91 Å². The molecule has 0 bridgehead atoms. The summed E-state index contributed by atoms with van der Waals surface area (Å²) in [5.41, 5.74) is 1.75. The molecule has 1 fully saturated rings. The van der Waals surface area contributed by atoms with Crippen molar-refractivity contribution in [2.75, 3.05) is 13.2 Å². The minimum Gasteiger partial charge on any atom is -0.488 e. The zero-order valence-corrected chi connectivity index (χ0v) is 16.9. The maximum atomic E-state index is 12.4. The predicted octanol–water partition coefficient (Wildman–Crippen LogP) is 4.23. The smallest absolute Gasteiger partial charge is 0.262 e. The van der Waals surface area contributed by atoms with Crippen LogP contribution in [0.25, 0.3) is 6.08 Å². The normalized spacial score (nSPS) is 16.4. The summed E-state index contributed by atoms with van der Waals surface area (Å²) in [5, 5.41) is 12.2. The summed E-state index contributed by atoms with van der Waals surface area (Å²) in [7, 11) is 0. The Labute approximate surface area is 173 Å². The van der Waals surface area contributed by atoms with Gasteiger partial charge in [-0.1, -0.05) is 46.3 Å². The lowest BCUT2D eigenvalue weighted by atomic mass is 10.1. The van der Waals surface area contributed by atoms with Gasteiger partial charge in [0.2, 0.25) is 0 Å². The molecule has 1 aliphatic heterocycles. The summed E-state index contributed by atoms with van der Waals surface area (Å²) < 4.78 is 12.4. The van der Waals surface area contributed by atoms with Crippen LogP contribution >= 0.6 is 15.9 Å². The zero-order valence-electron chi connectivity index (χ0n) is 15.4. The molecule has 0 spiro atoms. The number of hydrogen-bond donors (Lipinski definition) is 1. The number of carbonyl (C=O) groups excluding carboxylic acids is 1. The Morgan fingerprint density at radius 1 is 1.29 bits per heavy atom. The second-order valence-electron chi connectivity index (χ2n) is 6.47. The van der Waals surface area contributed by atoms with Crippen molar-refractivity contribution in [3.8, 4) is 11.8 Å². The topological polar surface area (TPSA) is 71.3 Å². The van der Waals surface area contributed by atoms with Crippen LogP contribution in [-0.4, -0.2) is 25.2 Å². The molecule has 1 heterocycles. The molecule has 1 aliphatic rings. The lowest BCUT2D eigenvalue weighted by Gasteiger charge is -2.11. The number of hydrogen-bond acceptors (Lipinski definition) is 4. The standard InChI is InChI=1S/C22H21BrN2O3/c23-19-9-7-16(8-10-19)15-28-21-6-2-1-4-17(21)12-18(13-24)22(26)25-14-20-5-3-11-27-20/h1-2,4,6-10,12,20H,3,5,11,14-15H2,(H,25,26)/b18-12+/t20-/m1/s1. The van der Waals surface area contributed by atoms with Gasteiger partial charge in [-0.05, 0) is 42.7 Å². The van der Waals surface area contributed by atoms with Crippen molar-refractivity contribution >= 4 is 27.9 Å². The van der Waals surface area contributed by atoms with E-state index in [4.69, 9.17) is 9.47 Å². The number of nitriles is 1. The molecule has 1 N–H and O–H groups in total. The summed E-state index contributed by atoms with van der Waals surface area (Å²) in [6, 6.07) is 17.2. The number of carbonyl (C=O) groups is 1. The maximum absolute atomic E-state index is 12.4. The molecule has 5 nitrogen and oxygen atoms in total. The van der Waals surface area contributed by atoms with Gasteiger partial charge in [-0.25, -0.2) is 0 Å². The average Bonchev–Trinajstić information content (AvgIpc) is 3.24. The highest BCUT2D eigenvalue weighted by atomic mass is 79.9. The monoisotopic (exact) mass is 440 g/mol. The SMILES string of the molecule is N#C/C(=C\c1ccccc1OCc1ccc(Br)cc1)C(=O)NC[C@H]1CCCO1. The van der Waals surface area contributed by atoms with Gasteiger partial charge in [-0.3, -0.25) is 4.79 Å². The third kappa shape index (κ3) is 5.69. The summed E-state index contributed by atoms with van der Waals surface area (Å²) in [4.78, 5) is 12.4. The first-order valence-electron chi connectivity index (χ1n) is 9.13. The van der Waals surface area contributed by atoms with Gasteiger partial charge in [-0.15, -0.1) is 0 Å². The summed E-state index contributed by atoms with van der Waals surface area (Å²) in [5.74, 6) is 0.214. The summed E-state index contributed by atoms with van der Waals surface area (Å²) in [6.07, 6.45) is 3.52. The van der Waals surface area contributed by atoms with Crippen molar-refractivity contribution in [1.29, 1.82) is 5.26 Å². The van der Waals surface area contributed by atoms with E-state index in [9.17, 15) is 10.1 Å². The molecule has 6 heteroatoms. The van der Waals surface area contributed by atoms with E-state index in [0.717, 1.165) is 29.5 Å². The zero-order chi connectivity index (χ0) is 19.8. The van der Waals surface area contributed by atoms with Gasteiger partial charge < -0.3 is 14.8 Å². The van der Waals surface area contributed by atoms with Gasteiger partial charge in [0.15, 0.2) is 0 Å². The fourth-order valence-electron chi connectivity index (χ4n) is 2.88. The third-order valence-electron chi connectivity index (χ3n) is 4.41. The Morgan fingerprint density at radius 3 is 2.79 bits per heavy atom. The van der Waals surface area contributed by atoms with Gasteiger partial charge >= 0.3 is 0 Å². The molecule has 1 amide bonds. The van der Waals surface area contributed by atoms with Crippen LogP contribution in [0.5, 0.6) is 5.75 Å². The van der Waals surface area contributed by atoms with E-state index in [-0.39, 0.29) is 11.7 Å². The number of benzene rings is 2. The van der Waals surface area contributed by atoms with Crippen LogP contribution in [0, 0.1) is 11.3 Å². The molecule has 0 radical (unpaired) electrons. The Morgan fingerprint density at radius 2 is 2.07 bits per heavy atom. The summed E-state index contributed by atoms with van der Waals surface area (Å²) >= 11 is 3.41. The molecule has 28 heavy (non-hydrogen) atoms. The largest absolute Gasteiger partial charge is 0.488 e. The number of para-hydroxylation sites is 1. The Kier molecular flexibility index (Phi) is 7.24. The molecule has 0 unspecified atom stereocenters. The molecule has 2 aromatic rings. The fourth-order valence-corrected chi connectivity index (χ4v) is 3.15. The van der Waals surface area contributed by atoms with Crippen LogP contribution < -0.4 is 10.1 Å². The van der Waals surface area contributed by atoms with E-state index in [1.54, 1.807) is 6.08 Å². The van der Waals surface area contributed by atoms with Gasteiger partial charge in [0.1, 0.15) is 24.0 Å². The summed E-state index contributed by atoms with van der Waals surface area (Å²) in [6.45, 7) is 1.54. The lowest BCUT2D eigenvalue weighted by molar-refractivity contribution is -0.117.